The zero-order valence-corrected chi connectivity index (χ0v) is 15.4. The van der Waals surface area contributed by atoms with Gasteiger partial charge in [-0.15, -0.1) is 5.10 Å². The van der Waals surface area contributed by atoms with Crippen molar-refractivity contribution in [2.45, 2.75) is 12.1 Å². The second-order valence-electron chi connectivity index (χ2n) is 5.86. The van der Waals surface area contributed by atoms with Crippen molar-refractivity contribution < 1.29 is 4.79 Å². The van der Waals surface area contributed by atoms with Crippen LogP contribution in [0.1, 0.15) is 5.82 Å². The zero-order chi connectivity index (χ0) is 17.2. The fourth-order valence-electron chi connectivity index (χ4n) is 2.87. The molecule has 1 fully saturated rings. The molecule has 1 saturated heterocycles. The lowest BCUT2D eigenvalue weighted by atomic mass is 10.2. The molecule has 3 aromatic rings. The number of nitrogens with one attached hydrogen (secondary N) is 1. The molecule has 2 aromatic heterocycles. The number of fused-ring (bicyclic) bond motifs is 1. The molecule has 0 radical (unpaired) electrons. The first-order valence-electron chi connectivity index (χ1n) is 8.09. The summed E-state index contributed by atoms with van der Waals surface area (Å²) in [7, 11) is 0. The highest BCUT2D eigenvalue weighted by atomic mass is 32.2. The summed E-state index contributed by atoms with van der Waals surface area (Å²) in [6.45, 7) is 4.91. The number of aromatic nitrogens is 4. The van der Waals surface area contributed by atoms with E-state index >= 15 is 0 Å². The fraction of sp³-hybridized carbons (Fsp3) is 0.375. The van der Waals surface area contributed by atoms with E-state index in [0.29, 0.717) is 10.9 Å². The van der Waals surface area contributed by atoms with Crippen LogP contribution in [0.2, 0.25) is 0 Å². The molecule has 1 amide bonds. The van der Waals surface area contributed by atoms with Gasteiger partial charge < -0.3 is 9.80 Å². The standard InChI is InChI=1S/C16H18N6OS2/c1-11-17-16(19-18-11)24-10-14(23)21-6-8-22(9-7-21)15-12-4-2-3-5-13(12)25-20-15/h2-5H,6-10H2,1H3,(H,17,18,19). The predicted octanol–water partition coefficient (Wildman–Crippen LogP) is 2.16. The Bertz CT molecular complexity index is 884. The minimum atomic E-state index is 0.134. The van der Waals surface area contributed by atoms with Crippen molar-refractivity contribution >= 4 is 45.1 Å². The number of anilines is 1. The molecule has 130 valence electrons. The maximum absolute atomic E-state index is 12.4. The summed E-state index contributed by atoms with van der Waals surface area (Å²) >= 11 is 2.90. The summed E-state index contributed by atoms with van der Waals surface area (Å²) in [5.41, 5.74) is 0. The second kappa shape index (κ2) is 7.01. The normalized spacial score (nSPS) is 15.1. The number of carbonyl (C=O) groups is 1. The first kappa shape index (κ1) is 16.3. The minimum Gasteiger partial charge on any atom is -0.352 e. The number of thioether (sulfide) groups is 1. The molecule has 0 spiro atoms. The maximum atomic E-state index is 12.4. The molecule has 0 aliphatic carbocycles. The van der Waals surface area contributed by atoms with Gasteiger partial charge in [-0.1, -0.05) is 23.9 Å². The van der Waals surface area contributed by atoms with Crippen molar-refractivity contribution in [3.8, 4) is 0 Å². The molecule has 9 heteroatoms. The molecule has 0 saturated carbocycles. The van der Waals surface area contributed by atoms with Gasteiger partial charge in [0.15, 0.2) is 0 Å². The monoisotopic (exact) mass is 374 g/mol. The molecular formula is C16H18N6OS2. The summed E-state index contributed by atoms with van der Waals surface area (Å²) in [5, 5.41) is 8.66. The third-order valence-electron chi connectivity index (χ3n) is 4.19. The van der Waals surface area contributed by atoms with Gasteiger partial charge in [-0.25, -0.2) is 4.98 Å². The first-order valence-corrected chi connectivity index (χ1v) is 9.85. The van der Waals surface area contributed by atoms with Crippen molar-refractivity contribution in [1.29, 1.82) is 0 Å². The smallest absolute Gasteiger partial charge is 0.233 e. The number of rotatable bonds is 4. The SMILES string of the molecule is Cc1nc(SCC(=O)N2CCN(c3nsc4ccccc34)CC2)n[nH]1. The van der Waals surface area contributed by atoms with E-state index in [-0.39, 0.29) is 5.91 Å². The Kier molecular flexibility index (Phi) is 4.58. The molecule has 25 heavy (non-hydrogen) atoms. The molecule has 1 aromatic carbocycles. The van der Waals surface area contributed by atoms with Gasteiger partial charge in [0.2, 0.25) is 11.1 Å². The first-order chi connectivity index (χ1) is 12.2. The zero-order valence-electron chi connectivity index (χ0n) is 13.8. The van der Waals surface area contributed by atoms with Crippen LogP contribution in [-0.4, -0.2) is 62.3 Å². The van der Waals surface area contributed by atoms with Gasteiger partial charge in [0.25, 0.3) is 0 Å². The Balaban J connectivity index is 1.34. The number of aryl methyl sites for hydroxylation is 1. The fourth-order valence-corrected chi connectivity index (χ4v) is 4.42. The summed E-state index contributed by atoms with van der Waals surface area (Å²) in [4.78, 5) is 20.8. The molecular weight excluding hydrogens is 356 g/mol. The summed E-state index contributed by atoms with van der Waals surface area (Å²) < 4.78 is 5.81. The Morgan fingerprint density at radius 1 is 1.28 bits per heavy atom. The van der Waals surface area contributed by atoms with Crippen LogP contribution in [0.25, 0.3) is 10.1 Å². The van der Waals surface area contributed by atoms with Gasteiger partial charge in [-0.3, -0.25) is 9.89 Å². The summed E-state index contributed by atoms with van der Waals surface area (Å²) in [6, 6.07) is 8.29. The Labute approximate surface area is 153 Å². The van der Waals surface area contributed by atoms with E-state index in [1.54, 1.807) is 0 Å². The highest BCUT2D eigenvalue weighted by molar-refractivity contribution is 7.99. The number of piperazine rings is 1. The molecule has 1 aliphatic rings. The van der Waals surface area contributed by atoms with E-state index in [9.17, 15) is 4.79 Å². The second-order valence-corrected chi connectivity index (χ2v) is 7.61. The average Bonchev–Trinajstić information content (AvgIpc) is 3.26. The van der Waals surface area contributed by atoms with E-state index in [1.807, 2.05) is 24.0 Å². The van der Waals surface area contributed by atoms with Crippen molar-refractivity contribution in [1.82, 2.24) is 24.5 Å². The summed E-state index contributed by atoms with van der Waals surface area (Å²) in [5.74, 6) is 2.31. The van der Waals surface area contributed by atoms with Crippen LogP contribution >= 0.6 is 23.3 Å². The van der Waals surface area contributed by atoms with Crippen LogP contribution < -0.4 is 4.90 Å². The lowest BCUT2D eigenvalue weighted by Crippen LogP contribution is -2.49. The van der Waals surface area contributed by atoms with Gasteiger partial charge in [-0.2, -0.15) is 4.37 Å². The van der Waals surface area contributed by atoms with Gasteiger partial charge >= 0.3 is 0 Å². The number of nitrogens with zero attached hydrogens (tertiary/aromatic N) is 5. The summed E-state index contributed by atoms with van der Waals surface area (Å²) in [6.07, 6.45) is 0. The van der Waals surface area contributed by atoms with Crippen molar-refractivity contribution in [3.63, 3.8) is 0 Å². The van der Waals surface area contributed by atoms with E-state index < -0.39 is 0 Å². The lowest BCUT2D eigenvalue weighted by Gasteiger charge is -2.35. The largest absolute Gasteiger partial charge is 0.352 e. The van der Waals surface area contributed by atoms with Crippen LogP contribution in [0.15, 0.2) is 29.4 Å². The number of H-pyrrole nitrogens is 1. The molecule has 1 aliphatic heterocycles. The number of amides is 1. The maximum Gasteiger partial charge on any atom is 0.233 e. The van der Waals surface area contributed by atoms with Gasteiger partial charge in [0.05, 0.1) is 10.5 Å². The Hall–Kier alpha value is -2.13. The molecule has 0 unspecified atom stereocenters. The van der Waals surface area contributed by atoms with Gasteiger partial charge in [0.1, 0.15) is 11.6 Å². The number of hydrogen-bond donors (Lipinski definition) is 1. The van der Waals surface area contributed by atoms with E-state index in [4.69, 9.17) is 0 Å². The molecule has 0 bridgehead atoms. The minimum absolute atomic E-state index is 0.134. The average molecular weight is 374 g/mol. The van der Waals surface area contributed by atoms with Crippen LogP contribution in [0.4, 0.5) is 5.82 Å². The van der Waals surface area contributed by atoms with E-state index in [1.165, 1.54) is 33.4 Å². The third kappa shape index (κ3) is 3.47. The van der Waals surface area contributed by atoms with Crippen molar-refractivity contribution in [3.05, 3.63) is 30.1 Å². The Morgan fingerprint density at radius 2 is 2.08 bits per heavy atom. The highest BCUT2D eigenvalue weighted by Crippen LogP contribution is 2.29. The van der Waals surface area contributed by atoms with Crippen LogP contribution in [0.5, 0.6) is 0 Å². The number of carbonyl (C=O) groups excluding carboxylic acids is 1. The van der Waals surface area contributed by atoms with E-state index in [0.717, 1.165) is 37.8 Å². The molecule has 3 heterocycles. The van der Waals surface area contributed by atoms with Gasteiger partial charge in [0, 0.05) is 31.6 Å². The number of benzene rings is 1. The predicted molar refractivity (Wildman–Crippen MR) is 100 cm³/mol. The van der Waals surface area contributed by atoms with Crippen LogP contribution in [0, 0.1) is 6.92 Å². The molecule has 4 rings (SSSR count). The molecule has 1 N–H and O–H groups in total. The highest BCUT2D eigenvalue weighted by Gasteiger charge is 2.23. The third-order valence-corrected chi connectivity index (χ3v) is 5.84. The van der Waals surface area contributed by atoms with Crippen molar-refractivity contribution in [2.75, 3.05) is 36.8 Å². The van der Waals surface area contributed by atoms with Crippen LogP contribution in [-0.2, 0) is 4.79 Å². The van der Waals surface area contributed by atoms with Gasteiger partial charge in [-0.05, 0) is 30.6 Å². The Morgan fingerprint density at radius 3 is 2.84 bits per heavy atom. The molecule has 0 atom stereocenters. The van der Waals surface area contributed by atoms with Crippen LogP contribution in [0.3, 0.4) is 0 Å². The quantitative estimate of drug-likeness (QED) is 0.705. The molecule has 7 nitrogen and oxygen atoms in total. The number of aromatic amines is 1. The van der Waals surface area contributed by atoms with Crippen molar-refractivity contribution in [2.24, 2.45) is 0 Å². The van der Waals surface area contributed by atoms with E-state index in [2.05, 4.69) is 36.6 Å². The number of hydrogen-bond acceptors (Lipinski definition) is 7. The topological polar surface area (TPSA) is 78.0 Å². The lowest BCUT2D eigenvalue weighted by molar-refractivity contribution is -0.128.